The van der Waals surface area contributed by atoms with Crippen LogP contribution in [0.2, 0.25) is 5.02 Å². The molecule has 0 bridgehead atoms. The van der Waals surface area contributed by atoms with Crippen LogP contribution in [0.25, 0.3) is 0 Å². The molecule has 15 heavy (non-hydrogen) atoms. The first-order valence-corrected chi connectivity index (χ1v) is 5.91. The van der Waals surface area contributed by atoms with Crippen LogP contribution in [-0.4, -0.2) is 16.9 Å². The quantitative estimate of drug-likeness (QED) is 0.820. The Kier molecular flexibility index (Phi) is 4.68. The fourth-order valence-electron chi connectivity index (χ4n) is 1.18. The SMILES string of the molecule is Cc1nccc(NC(C)C(C)CCl)c1Cl. The van der Waals surface area contributed by atoms with Crippen molar-refractivity contribution in [3.63, 3.8) is 0 Å². The number of hydrogen-bond acceptors (Lipinski definition) is 2. The van der Waals surface area contributed by atoms with E-state index < -0.39 is 0 Å². The summed E-state index contributed by atoms with van der Waals surface area (Å²) in [7, 11) is 0. The van der Waals surface area contributed by atoms with E-state index in [0.717, 1.165) is 11.4 Å². The summed E-state index contributed by atoms with van der Waals surface area (Å²) in [5, 5.41) is 4.03. The molecule has 2 atom stereocenters. The molecule has 4 heteroatoms. The van der Waals surface area contributed by atoms with Crippen molar-refractivity contribution in [2.75, 3.05) is 11.2 Å². The van der Waals surface area contributed by atoms with Gasteiger partial charge >= 0.3 is 0 Å². The van der Waals surface area contributed by atoms with Gasteiger partial charge in [-0.1, -0.05) is 18.5 Å². The average Bonchev–Trinajstić information content (AvgIpc) is 2.23. The summed E-state index contributed by atoms with van der Waals surface area (Å²) in [4.78, 5) is 4.11. The third kappa shape index (κ3) is 3.25. The number of aryl methyl sites for hydroxylation is 1. The summed E-state index contributed by atoms with van der Waals surface area (Å²) >= 11 is 11.9. The van der Waals surface area contributed by atoms with E-state index in [0.29, 0.717) is 22.9 Å². The zero-order chi connectivity index (χ0) is 11.4. The van der Waals surface area contributed by atoms with Gasteiger partial charge in [0, 0.05) is 18.1 Å². The Morgan fingerprint density at radius 2 is 2.13 bits per heavy atom. The van der Waals surface area contributed by atoms with Crippen molar-refractivity contribution in [3.8, 4) is 0 Å². The smallest absolute Gasteiger partial charge is 0.0849 e. The number of halogens is 2. The predicted octanol–water partition coefficient (Wildman–Crippen LogP) is 3.72. The van der Waals surface area contributed by atoms with Crippen molar-refractivity contribution >= 4 is 28.9 Å². The molecule has 2 nitrogen and oxygen atoms in total. The minimum absolute atomic E-state index is 0.293. The summed E-state index contributed by atoms with van der Waals surface area (Å²) < 4.78 is 0. The molecule has 0 aliphatic carbocycles. The summed E-state index contributed by atoms with van der Waals surface area (Å²) in [5.41, 5.74) is 1.76. The Hall–Kier alpha value is -0.470. The van der Waals surface area contributed by atoms with Crippen LogP contribution in [-0.2, 0) is 0 Å². The normalized spacial score (nSPS) is 14.7. The van der Waals surface area contributed by atoms with E-state index in [1.165, 1.54) is 0 Å². The molecule has 84 valence electrons. The maximum absolute atomic E-state index is 6.13. The molecular formula is C11H16Cl2N2. The summed E-state index contributed by atoms with van der Waals surface area (Å²) in [6.07, 6.45) is 1.75. The molecule has 1 heterocycles. The second kappa shape index (κ2) is 5.57. The number of alkyl halides is 1. The Labute approximate surface area is 101 Å². The van der Waals surface area contributed by atoms with Gasteiger partial charge in [0.1, 0.15) is 0 Å². The van der Waals surface area contributed by atoms with Gasteiger partial charge in [-0.25, -0.2) is 0 Å². The van der Waals surface area contributed by atoms with Crippen LogP contribution >= 0.6 is 23.2 Å². The predicted molar refractivity (Wildman–Crippen MR) is 67.0 cm³/mol. The van der Waals surface area contributed by atoms with Crippen LogP contribution < -0.4 is 5.32 Å². The van der Waals surface area contributed by atoms with Crippen molar-refractivity contribution in [2.24, 2.45) is 5.92 Å². The second-order valence-electron chi connectivity index (χ2n) is 3.82. The van der Waals surface area contributed by atoms with Crippen LogP contribution in [0.3, 0.4) is 0 Å². The molecular weight excluding hydrogens is 231 g/mol. The lowest BCUT2D eigenvalue weighted by atomic mass is 10.1. The largest absolute Gasteiger partial charge is 0.381 e. The zero-order valence-electron chi connectivity index (χ0n) is 9.22. The van der Waals surface area contributed by atoms with Gasteiger partial charge < -0.3 is 5.32 Å². The summed E-state index contributed by atoms with van der Waals surface area (Å²) in [5.74, 6) is 1.03. The molecule has 0 saturated carbocycles. The van der Waals surface area contributed by atoms with E-state index in [2.05, 4.69) is 24.1 Å². The van der Waals surface area contributed by atoms with Crippen molar-refractivity contribution in [1.82, 2.24) is 4.98 Å². The molecule has 1 aromatic heterocycles. The first-order valence-electron chi connectivity index (χ1n) is 5.00. The van der Waals surface area contributed by atoms with E-state index in [-0.39, 0.29) is 0 Å². The maximum Gasteiger partial charge on any atom is 0.0849 e. The molecule has 1 rings (SSSR count). The topological polar surface area (TPSA) is 24.9 Å². The van der Waals surface area contributed by atoms with Gasteiger partial charge in [-0.3, -0.25) is 4.98 Å². The minimum atomic E-state index is 0.293. The fraction of sp³-hybridized carbons (Fsp3) is 0.545. The van der Waals surface area contributed by atoms with E-state index in [1.54, 1.807) is 6.20 Å². The van der Waals surface area contributed by atoms with Gasteiger partial charge in [0.05, 0.1) is 16.4 Å². The van der Waals surface area contributed by atoms with Crippen molar-refractivity contribution in [3.05, 3.63) is 23.0 Å². The molecule has 0 saturated heterocycles. The van der Waals surface area contributed by atoms with Crippen molar-refractivity contribution < 1.29 is 0 Å². The Morgan fingerprint density at radius 1 is 1.47 bits per heavy atom. The second-order valence-corrected chi connectivity index (χ2v) is 4.51. The minimum Gasteiger partial charge on any atom is -0.381 e. The summed E-state index contributed by atoms with van der Waals surface area (Å²) in [6.45, 7) is 6.09. The van der Waals surface area contributed by atoms with Gasteiger partial charge in [0.2, 0.25) is 0 Å². The highest BCUT2D eigenvalue weighted by atomic mass is 35.5. The monoisotopic (exact) mass is 246 g/mol. The van der Waals surface area contributed by atoms with Crippen LogP contribution in [0, 0.1) is 12.8 Å². The van der Waals surface area contributed by atoms with Crippen LogP contribution in [0.1, 0.15) is 19.5 Å². The molecule has 0 aliphatic rings. The van der Waals surface area contributed by atoms with E-state index in [1.807, 2.05) is 13.0 Å². The zero-order valence-corrected chi connectivity index (χ0v) is 10.7. The lowest BCUT2D eigenvalue weighted by Crippen LogP contribution is -2.25. The fourth-order valence-corrected chi connectivity index (χ4v) is 1.61. The van der Waals surface area contributed by atoms with E-state index >= 15 is 0 Å². The Morgan fingerprint density at radius 3 is 2.73 bits per heavy atom. The van der Waals surface area contributed by atoms with Gasteiger partial charge in [0.25, 0.3) is 0 Å². The molecule has 2 unspecified atom stereocenters. The number of nitrogens with one attached hydrogen (secondary N) is 1. The van der Waals surface area contributed by atoms with E-state index in [4.69, 9.17) is 23.2 Å². The van der Waals surface area contributed by atoms with Gasteiger partial charge in [-0.05, 0) is 25.8 Å². The number of pyridine rings is 1. The molecule has 0 spiro atoms. The Balaban J connectivity index is 2.76. The summed E-state index contributed by atoms with van der Waals surface area (Å²) in [6, 6.07) is 2.18. The number of hydrogen-bond donors (Lipinski definition) is 1. The number of nitrogens with zero attached hydrogens (tertiary/aromatic N) is 1. The van der Waals surface area contributed by atoms with Crippen LogP contribution in [0.5, 0.6) is 0 Å². The molecule has 0 aliphatic heterocycles. The highest BCUT2D eigenvalue weighted by Gasteiger charge is 2.12. The third-order valence-electron chi connectivity index (χ3n) is 2.54. The van der Waals surface area contributed by atoms with Crippen LogP contribution in [0.15, 0.2) is 12.3 Å². The van der Waals surface area contributed by atoms with Gasteiger partial charge in [0.15, 0.2) is 0 Å². The van der Waals surface area contributed by atoms with Crippen molar-refractivity contribution in [2.45, 2.75) is 26.8 Å². The first-order chi connectivity index (χ1) is 7.06. The average molecular weight is 247 g/mol. The number of anilines is 1. The third-order valence-corrected chi connectivity index (χ3v) is 3.51. The molecule has 0 amide bonds. The molecule has 0 aromatic carbocycles. The maximum atomic E-state index is 6.13. The van der Waals surface area contributed by atoms with E-state index in [9.17, 15) is 0 Å². The molecule has 0 radical (unpaired) electrons. The standard InChI is InChI=1S/C11H16Cl2N2/c1-7(6-12)8(2)15-10-4-5-14-9(3)11(10)13/h4-5,7-8H,6H2,1-3H3,(H,14,15). The van der Waals surface area contributed by atoms with Gasteiger partial charge in [-0.2, -0.15) is 0 Å². The van der Waals surface area contributed by atoms with Gasteiger partial charge in [-0.15, -0.1) is 11.6 Å². The highest BCUT2D eigenvalue weighted by Crippen LogP contribution is 2.25. The molecule has 1 aromatic rings. The highest BCUT2D eigenvalue weighted by molar-refractivity contribution is 6.33. The first kappa shape index (κ1) is 12.6. The van der Waals surface area contributed by atoms with Crippen LogP contribution in [0.4, 0.5) is 5.69 Å². The number of rotatable bonds is 4. The molecule has 1 N–H and O–H groups in total. The molecule has 0 fully saturated rings. The van der Waals surface area contributed by atoms with Crippen molar-refractivity contribution in [1.29, 1.82) is 0 Å². The lowest BCUT2D eigenvalue weighted by molar-refractivity contribution is 0.566. The lowest BCUT2D eigenvalue weighted by Gasteiger charge is -2.21. The Bertz CT molecular complexity index is 328. The number of aromatic nitrogens is 1.